The molecule has 0 saturated carbocycles. The molecule has 3 amide bonds. The average Bonchev–Trinajstić information content (AvgIpc) is 3.17. The van der Waals surface area contributed by atoms with Crippen LogP contribution in [0.2, 0.25) is 0 Å². The monoisotopic (exact) mass is 371 g/mol. The summed E-state index contributed by atoms with van der Waals surface area (Å²) >= 11 is 0. The Morgan fingerprint density at radius 1 is 1.22 bits per heavy atom. The summed E-state index contributed by atoms with van der Waals surface area (Å²) in [5.74, 6) is -0.0122. The zero-order chi connectivity index (χ0) is 19.2. The fourth-order valence-electron chi connectivity index (χ4n) is 3.12. The van der Waals surface area contributed by atoms with Crippen molar-refractivity contribution in [1.29, 1.82) is 0 Å². The molecule has 27 heavy (non-hydrogen) atoms. The second-order valence-corrected chi connectivity index (χ2v) is 6.32. The fourth-order valence-corrected chi connectivity index (χ4v) is 3.12. The van der Waals surface area contributed by atoms with Crippen LogP contribution < -0.4 is 15.4 Å². The predicted octanol–water partition coefficient (Wildman–Crippen LogP) is 3.15. The molecule has 1 aliphatic rings. The minimum Gasteiger partial charge on any atom is -0.497 e. The van der Waals surface area contributed by atoms with E-state index in [1.807, 2.05) is 0 Å². The molecular weight excluding hydrogens is 349 g/mol. The number of nitrogens with one attached hydrogen (secondary N) is 2. The zero-order valence-electron chi connectivity index (χ0n) is 15.1. The molecule has 1 atom stereocenters. The number of urea groups is 1. The van der Waals surface area contributed by atoms with Crippen LogP contribution in [0.4, 0.5) is 14.9 Å². The first-order valence-electron chi connectivity index (χ1n) is 8.81. The summed E-state index contributed by atoms with van der Waals surface area (Å²) in [5, 5.41) is 5.52. The largest absolute Gasteiger partial charge is 0.497 e. The maximum atomic E-state index is 13.7. The standard InChI is InChI=1S/C20H22FN3O3/c1-27-16-8-4-7-15(12-16)23-20(26)24-11-5-10-18(24)19(25)22-13-14-6-2-3-9-17(14)21/h2-4,6-9,12,18H,5,10-11,13H2,1H3,(H,22,25)(H,23,26)/t18-/m1/s1. The van der Waals surface area contributed by atoms with Crippen molar-refractivity contribution in [3.05, 3.63) is 59.9 Å². The van der Waals surface area contributed by atoms with E-state index in [2.05, 4.69) is 10.6 Å². The molecule has 0 aliphatic carbocycles. The molecule has 142 valence electrons. The fraction of sp³-hybridized carbons (Fsp3) is 0.300. The Morgan fingerprint density at radius 2 is 2.04 bits per heavy atom. The van der Waals surface area contributed by atoms with Crippen molar-refractivity contribution in [2.75, 3.05) is 19.0 Å². The third-order valence-electron chi connectivity index (χ3n) is 4.55. The Balaban J connectivity index is 1.61. The number of carbonyl (C=O) groups excluding carboxylic acids is 2. The highest BCUT2D eigenvalue weighted by atomic mass is 19.1. The van der Waals surface area contributed by atoms with Crippen LogP contribution in [0.3, 0.4) is 0 Å². The van der Waals surface area contributed by atoms with Gasteiger partial charge in [0, 0.05) is 30.4 Å². The second kappa shape index (κ2) is 8.53. The normalized spacial score (nSPS) is 16.1. The number of hydrogen-bond donors (Lipinski definition) is 2. The van der Waals surface area contributed by atoms with E-state index >= 15 is 0 Å². The summed E-state index contributed by atoms with van der Waals surface area (Å²) < 4.78 is 18.8. The van der Waals surface area contributed by atoms with E-state index in [-0.39, 0.29) is 24.3 Å². The van der Waals surface area contributed by atoms with E-state index in [1.54, 1.807) is 49.6 Å². The van der Waals surface area contributed by atoms with Gasteiger partial charge in [-0.3, -0.25) is 4.79 Å². The molecule has 1 saturated heterocycles. The SMILES string of the molecule is COc1cccc(NC(=O)N2CCC[C@@H]2C(=O)NCc2ccccc2F)c1. The quantitative estimate of drug-likeness (QED) is 0.848. The molecule has 7 heteroatoms. The van der Waals surface area contributed by atoms with Gasteiger partial charge in [-0.2, -0.15) is 0 Å². The Bertz CT molecular complexity index is 828. The van der Waals surface area contributed by atoms with Gasteiger partial charge in [-0.25, -0.2) is 9.18 Å². The van der Waals surface area contributed by atoms with Crippen LogP contribution in [0.5, 0.6) is 5.75 Å². The number of ether oxygens (including phenoxy) is 1. The number of nitrogens with zero attached hydrogens (tertiary/aromatic N) is 1. The number of likely N-dealkylation sites (tertiary alicyclic amines) is 1. The molecule has 0 radical (unpaired) electrons. The van der Waals surface area contributed by atoms with Gasteiger partial charge in [-0.1, -0.05) is 24.3 Å². The molecule has 0 aromatic heterocycles. The first kappa shape index (κ1) is 18.7. The lowest BCUT2D eigenvalue weighted by Gasteiger charge is -2.24. The van der Waals surface area contributed by atoms with Gasteiger partial charge in [-0.05, 0) is 31.0 Å². The molecule has 1 fully saturated rings. The van der Waals surface area contributed by atoms with Crippen molar-refractivity contribution in [1.82, 2.24) is 10.2 Å². The third kappa shape index (κ3) is 4.55. The Kier molecular flexibility index (Phi) is 5.90. The third-order valence-corrected chi connectivity index (χ3v) is 4.55. The lowest BCUT2D eigenvalue weighted by Crippen LogP contribution is -2.47. The van der Waals surface area contributed by atoms with Crippen LogP contribution in [-0.4, -0.2) is 36.5 Å². The van der Waals surface area contributed by atoms with Gasteiger partial charge in [0.05, 0.1) is 7.11 Å². The molecule has 0 unspecified atom stereocenters. The van der Waals surface area contributed by atoms with Crippen molar-refractivity contribution in [3.63, 3.8) is 0 Å². The number of hydrogen-bond acceptors (Lipinski definition) is 3. The molecule has 1 heterocycles. The highest BCUT2D eigenvalue weighted by Gasteiger charge is 2.34. The van der Waals surface area contributed by atoms with Crippen LogP contribution in [-0.2, 0) is 11.3 Å². The maximum Gasteiger partial charge on any atom is 0.322 e. The Labute approximate surface area is 157 Å². The number of rotatable bonds is 5. The molecule has 6 nitrogen and oxygen atoms in total. The molecule has 0 bridgehead atoms. The van der Waals surface area contributed by atoms with Gasteiger partial charge < -0.3 is 20.3 Å². The summed E-state index contributed by atoms with van der Waals surface area (Å²) in [6, 6.07) is 12.4. The highest BCUT2D eigenvalue weighted by Crippen LogP contribution is 2.21. The number of carbonyl (C=O) groups is 2. The maximum absolute atomic E-state index is 13.7. The van der Waals surface area contributed by atoms with E-state index in [0.29, 0.717) is 30.0 Å². The van der Waals surface area contributed by atoms with E-state index in [1.165, 1.54) is 11.0 Å². The minimum atomic E-state index is -0.567. The van der Waals surface area contributed by atoms with Gasteiger partial charge in [0.1, 0.15) is 17.6 Å². The van der Waals surface area contributed by atoms with Gasteiger partial charge in [-0.15, -0.1) is 0 Å². The predicted molar refractivity (Wildman–Crippen MR) is 100.0 cm³/mol. The van der Waals surface area contributed by atoms with E-state index in [4.69, 9.17) is 4.74 Å². The van der Waals surface area contributed by atoms with Crippen molar-refractivity contribution in [3.8, 4) is 5.75 Å². The van der Waals surface area contributed by atoms with E-state index in [9.17, 15) is 14.0 Å². The summed E-state index contributed by atoms with van der Waals surface area (Å²) in [7, 11) is 1.55. The van der Waals surface area contributed by atoms with Crippen LogP contribution in [0.15, 0.2) is 48.5 Å². The van der Waals surface area contributed by atoms with Crippen LogP contribution >= 0.6 is 0 Å². The first-order valence-corrected chi connectivity index (χ1v) is 8.81. The average molecular weight is 371 g/mol. The number of anilines is 1. The number of benzene rings is 2. The lowest BCUT2D eigenvalue weighted by molar-refractivity contribution is -0.124. The van der Waals surface area contributed by atoms with Gasteiger partial charge in [0.15, 0.2) is 0 Å². The molecule has 2 aromatic rings. The van der Waals surface area contributed by atoms with E-state index in [0.717, 1.165) is 6.42 Å². The summed E-state index contributed by atoms with van der Waals surface area (Å²) in [6.45, 7) is 0.584. The topological polar surface area (TPSA) is 70.7 Å². The highest BCUT2D eigenvalue weighted by molar-refractivity contribution is 5.94. The summed E-state index contributed by atoms with van der Waals surface area (Å²) in [4.78, 5) is 26.6. The first-order chi connectivity index (χ1) is 13.1. The number of halogens is 1. The summed E-state index contributed by atoms with van der Waals surface area (Å²) in [6.07, 6.45) is 1.32. The number of amides is 3. The molecule has 0 spiro atoms. The zero-order valence-corrected chi connectivity index (χ0v) is 15.1. The molecule has 2 aromatic carbocycles. The Hall–Kier alpha value is -3.09. The minimum absolute atomic E-state index is 0.0906. The van der Waals surface area contributed by atoms with Crippen LogP contribution in [0.1, 0.15) is 18.4 Å². The van der Waals surface area contributed by atoms with Crippen LogP contribution in [0, 0.1) is 5.82 Å². The Morgan fingerprint density at radius 3 is 2.81 bits per heavy atom. The van der Waals surface area contributed by atoms with Crippen molar-refractivity contribution in [2.24, 2.45) is 0 Å². The van der Waals surface area contributed by atoms with E-state index < -0.39 is 6.04 Å². The molecule has 3 rings (SSSR count). The van der Waals surface area contributed by atoms with Crippen molar-refractivity contribution < 1.29 is 18.7 Å². The van der Waals surface area contributed by atoms with Crippen molar-refractivity contribution in [2.45, 2.75) is 25.4 Å². The van der Waals surface area contributed by atoms with Gasteiger partial charge in [0.25, 0.3) is 0 Å². The summed E-state index contributed by atoms with van der Waals surface area (Å²) in [5.41, 5.74) is 1.01. The molecule has 2 N–H and O–H groups in total. The smallest absolute Gasteiger partial charge is 0.322 e. The molecular formula is C20H22FN3O3. The van der Waals surface area contributed by atoms with Gasteiger partial charge >= 0.3 is 6.03 Å². The lowest BCUT2D eigenvalue weighted by atomic mass is 10.2. The van der Waals surface area contributed by atoms with Crippen LogP contribution in [0.25, 0.3) is 0 Å². The van der Waals surface area contributed by atoms with Crippen molar-refractivity contribution >= 4 is 17.6 Å². The second-order valence-electron chi connectivity index (χ2n) is 6.32. The van der Waals surface area contributed by atoms with Gasteiger partial charge in [0.2, 0.25) is 5.91 Å². The number of methoxy groups -OCH3 is 1. The molecule has 1 aliphatic heterocycles.